The predicted octanol–water partition coefficient (Wildman–Crippen LogP) is 4.92. The fraction of sp³-hybridized carbons (Fsp3) is 0.231. The maximum Gasteiger partial charge on any atom is 0.161 e. The minimum Gasteiger partial charge on any atom is -0.493 e. The average Bonchev–Trinajstić information content (AvgIpc) is 2.76. The van der Waals surface area contributed by atoms with Crippen molar-refractivity contribution in [1.29, 1.82) is 0 Å². The molecule has 0 amide bonds. The Hall–Kier alpha value is -0.460. The number of methoxy groups -OCH3 is 2. The molecule has 0 aliphatic carbocycles. The van der Waals surface area contributed by atoms with Gasteiger partial charge >= 0.3 is 0 Å². The fourth-order valence-corrected chi connectivity index (χ4v) is 3.85. The maximum atomic E-state index is 10.5. The number of rotatable bonds is 4. The summed E-state index contributed by atoms with van der Waals surface area (Å²) < 4.78 is 12.1. The zero-order chi connectivity index (χ0) is 14.9. The van der Waals surface area contributed by atoms with Gasteiger partial charge in [0.25, 0.3) is 0 Å². The molecule has 2 rings (SSSR count). The summed E-state index contributed by atoms with van der Waals surface area (Å²) in [5.74, 6) is 1.10. The van der Waals surface area contributed by atoms with E-state index >= 15 is 0 Å². The van der Waals surface area contributed by atoms with E-state index in [1.54, 1.807) is 25.3 Å². The molecule has 0 aliphatic rings. The molecule has 1 atom stereocenters. The highest BCUT2D eigenvalue weighted by Gasteiger charge is 2.21. The Balaban J connectivity index is 2.49. The van der Waals surface area contributed by atoms with Crippen LogP contribution in [0.5, 0.6) is 11.5 Å². The first-order chi connectivity index (χ1) is 9.47. The van der Waals surface area contributed by atoms with Crippen molar-refractivity contribution in [3.63, 3.8) is 0 Å². The van der Waals surface area contributed by atoms with E-state index in [9.17, 15) is 5.11 Å². The molecule has 0 bridgehead atoms. The van der Waals surface area contributed by atoms with Crippen molar-refractivity contribution in [2.45, 2.75) is 6.10 Å². The van der Waals surface area contributed by atoms with Crippen LogP contribution in [-0.2, 0) is 0 Å². The number of hydrogen-bond acceptors (Lipinski definition) is 4. The molecule has 20 heavy (non-hydrogen) atoms. The number of hydrogen-bond donors (Lipinski definition) is 1. The topological polar surface area (TPSA) is 38.7 Å². The van der Waals surface area contributed by atoms with Crippen LogP contribution >= 0.6 is 50.5 Å². The van der Waals surface area contributed by atoms with Crippen molar-refractivity contribution in [3.8, 4) is 11.5 Å². The van der Waals surface area contributed by atoms with Crippen molar-refractivity contribution in [2.75, 3.05) is 14.2 Å². The van der Waals surface area contributed by atoms with Gasteiger partial charge in [0.15, 0.2) is 11.5 Å². The van der Waals surface area contributed by atoms with Crippen LogP contribution in [0.4, 0.5) is 0 Å². The summed E-state index contributed by atoms with van der Waals surface area (Å²) in [4.78, 5) is 0. The van der Waals surface area contributed by atoms with Gasteiger partial charge in [0, 0.05) is 15.6 Å². The molecule has 1 aromatic heterocycles. The van der Waals surface area contributed by atoms with Crippen LogP contribution in [0.3, 0.4) is 0 Å². The van der Waals surface area contributed by atoms with Crippen molar-refractivity contribution in [1.82, 2.24) is 0 Å². The first-order valence-electron chi connectivity index (χ1n) is 5.52. The van der Waals surface area contributed by atoms with Crippen molar-refractivity contribution in [2.24, 2.45) is 0 Å². The van der Waals surface area contributed by atoms with Gasteiger partial charge < -0.3 is 14.6 Å². The quantitative estimate of drug-likeness (QED) is 0.795. The minimum absolute atomic E-state index is 0.462. The van der Waals surface area contributed by atoms with Gasteiger partial charge in [0.1, 0.15) is 10.4 Å². The molecule has 2 aromatic rings. The smallest absolute Gasteiger partial charge is 0.161 e. The third kappa shape index (κ3) is 3.07. The Morgan fingerprint density at radius 2 is 1.70 bits per heavy atom. The molecule has 0 spiro atoms. The number of thiophene rings is 1. The van der Waals surface area contributed by atoms with Crippen LogP contribution in [0.25, 0.3) is 0 Å². The van der Waals surface area contributed by atoms with Crippen molar-refractivity contribution >= 4 is 50.5 Å². The summed E-state index contributed by atoms with van der Waals surface area (Å²) in [7, 11) is 3.09. The van der Waals surface area contributed by atoms with Gasteiger partial charge in [-0.05, 0) is 18.2 Å². The lowest BCUT2D eigenvalue weighted by atomic mass is 10.0. The van der Waals surface area contributed by atoms with Gasteiger partial charge in [0.2, 0.25) is 0 Å². The second-order valence-electron chi connectivity index (χ2n) is 3.91. The van der Waals surface area contributed by atoms with Crippen molar-refractivity contribution < 1.29 is 14.6 Å². The van der Waals surface area contributed by atoms with E-state index < -0.39 is 6.10 Å². The summed E-state index contributed by atoms with van der Waals surface area (Å²) in [6.07, 6.45) is -0.902. The second kappa shape index (κ2) is 6.54. The Morgan fingerprint density at radius 1 is 1.10 bits per heavy atom. The van der Waals surface area contributed by atoms with Crippen LogP contribution in [0.15, 0.2) is 22.7 Å². The summed E-state index contributed by atoms with van der Waals surface area (Å²) in [5.41, 5.74) is 1.19. The molecular formula is C13H11BrCl2O3S. The molecule has 1 N–H and O–H groups in total. The maximum absolute atomic E-state index is 10.5. The first kappa shape index (κ1) is 15.9. The van der Waals surface area contributed by atoms with E-state index in [-0.39, 0.29) is 0 Å². The first-order valence-corrected chi connectivity index (χ1v) is 7.88. The van der Waals surface area contributed by atoms with E-state index in [1.807, 2.05) is 0 Å². The number of halogens is 3. The van der Waals surface area contributed by atoms with E-state index in [4.69, 9.17) is 32.7 Å². The van der Waals surface area contributed by atoms with Crippen LogP contribution < -0.4 is 9.47 Å². The predicted molar refractivity (Wildman–Crippen MR) is 85.6 cm³/mol. The Morgan fingerprint density at radius 3 is 2.20 bits per heavy atom. The van der Waals surface area contributed by atoms with Gasteiger partial charge in [-0.25, -0.2) is 0 Å². The molecule has 0 saturated heterocycles. The molecular weight excluding hydrogens is 387 g/mol. The third-order valence-electron chi connectivity index (χ3n) is 2.78. The number of aliphatic hydroxyl groups is 1. The summed E-state index contributed by atoms with van der Waals surface area (Å²) in [5, 5.41) is 10.5. The molecule has 1 aromatic carbocycles. The number of ether oxygens (including phenoxy) is 2. The largest absolute Gasteiger partial charge is 0.493 e. The lowest BCUT2D eigenvalue weighted by Gasteiger charge is -2.16. The highest BCUT2D eigenvalue weighted by molar-refractivity contribution is 9.10. The van der Waals surface area contributed by atoms with Crippen LogP contribution in [0.1, 0.15) is 17.2 Å². The second-order valence-corrected chi connectivity index (χ2v) is 7.05. The van der Waals surface area contributed by atoms with E-state index in [0.29, 0.717) is 35.8 Å². The SMILES string of the molecule is COc1cc(Br)c(C(O)c2cc(Cl)sc2Cl)cc1OC. The Bertz CT molecular complexity index is 630. The van der Waals surface area contributed by atoms with E-state index in [0.717, 1.165) is 0 Å². The number of benzene rings is 1. The fourth-order valence-electron chi connectivity index (χ4n) is 1.79. The van der Waals surface area contributed by atoms with Crippen molar-refractivity contribution in [3.05, 3.63) is 42.5 Å². The minimum atomic E-state index is -0.902. The third-order valence-corrected chi connectivity index (χ3v) is 4.98. The molecule has 3 nitrogen and oxygen atoms in total. The van der Waals surface area contributed by atoms with Crippen LogP contribution in [-0.4, -0.2) is 19.3 Å². The highest BCUT2D eigenvalue weighted by Crippen LogP contribution is 2.42. The molecule has 0 fully saturated rings. The molecule has 7 heteroatoms. The van der Waals surface area contributed by atoms with Gasteiger partial charge in [-0.1, -0.05) is 39.1 Å². The summed E-state index contributed by atoms with van der Waals surface area (Å²) in [6.45, 7) is 0. The Labute approximate surface area is 139 Å². The molecule has 0 saturated carbocycles. The molecule has 0 aliphatic heterocycles. The zero-order valence-electron chi connectivity index (χ0n) is 10.6. The summed E-state index contributed by atoms with van der Waals surface area (Å²) >= 11 is 16.6. The number of aliphatic hydroxyl groups excluding tert-OH is 1. The van der Waals surface area contributed by atoms with E-state index in [1.165, 1.54) is 18.4 Å². The lowest BCUT2D eigenvalue weighted by Crippen LogP contribution is -2.02. The van der Waals surface area contributed by atoms with Gasteiger partial charge in [-0.2, -0.15) is 0 Å². The lowest BCUT2D eigenvalue weighted by molar-refractivity contribution is 0.219. The zero-order valence-corrected chi connectivity index (χ0v) is 14.5. The molecule has 1 unspecified atom stereocenters. The highest BCUT2D eigenvalue weighted by atomic mass is 79.9. The standard InChI is InChI=1S/C13H11BrCl2O3S/c1-18-9-3-6(8(14)5-10(9)19-2)12(17)7-4-11(15)20-13(7)16/h3-5,12,17H,1-2H3. The Kier molecular flexibility index (Phi) is 5.20. The van der Waals surface area contributed by atoms with E-state index in [2.05, 4.69) is 15.9 Å². The normalized spacial score (nSPS) is 12.3. The monoisotopic (exact) mass is 396 g/mol. The summed E-state index contributed by atoms with van der Waals surface area (Å²) in [6, 6.07) is 5.09. The van der Waals surface area contributed by atoms with Gasteiger partial charge in [-0.15, -0.1) is 11.3 Å². The molecule has 108 valence electrons. The average molecular weight is 398 g/mol. The van der Waals surface area contributed by atoms with Gasteiger partial charge in [0.05, 0.1) is 18.6 Å². The van der Waals surface area contributed by atoms with Gasteiger partial charge in [-0.3, -0.25) is 0 Å². The van der Waals surface area contributed by atoms with Crippen LogP contribution in [0, 0.1) is 0 Å². The van der Waals surface area contributed by atoms with Crippen LogP contribution in [0.2, 0.25) is 8.67 Å². The molecule has 1 heterocycles. The molecule has 0 radical (unpaired) electrons.